The van der Waals surface area contributed by atoms with E-state index in [-0.39, 0.29) is 6.04 Å². The molecule has 1 unspecified atom stereocenters. The second-order valence-electron chi connectivity index (χ2n) is 4.84. The van der Waals surface area contributed by atoms with Crippen LogP contribution in [0.3, 0.4) is 0 Å². The van der Waals surface area contributed by atoms with E-state index in [2.05, 4.69) is 25.9 Å². The minimum absolute atomic E-state index is 0.0928. The number of nitrogens with zero attached hydrogens (tertiary/aromatic N) is 2. The van der Waals surface area contributed by atoms with Gasteiger partial charge in [0.1, 0.15) is 0 Å². The summed E-state index contributed by atoms with van der Waals surface area (Å²) in [6, 6.07) is 7.05. The molecular weight excluding hydrogens is 240 g/mol. The van der Waals surface area contributed by atoms with Gasteiger partial charge < -0.3 is 5.11 Å². The first-order chi connectivity index (χ1) is 8.91. The Morgan fingerprint density at radius 2 is 1.79 bits per heavy atom. The van der Waals surface area contributed by atoms with Crippen molar-refractivity contribution in [3.63, 3.8) is 0 Å². The van der Waals surface area contributed by atoms with Crippen LogP contribution in [0.2, 0.25) is 0 Å². The molecule has 2 aromatic rings. The highest BCUT2D eigenvalue weighted by Gasteiger charge is 2.15. The van der Waals surface area contributed by atoms with Gasteiger partial charge in [-0.05, 0) is 51.0 Å². The van der Waals surface area contributed by atoms with Crippen LogP contribution >= 0.6 is 0 Å². The lowest BCUT2D eigenvalue weighted by atomic mass is 10.1. The van der Waals surface area contributed by atoms with E-state index in [1.165, 1.54) is 5.56 Å². The molecule has 1 atom stereocenters. The van der Waals surface area contributed by atoms with E-state index >= 15 is 0 Å². The molecule has 0 aliphatic carbocycles. The summed E-state index contributed by atoms with van der Waals surface area (Å²) in [6.45, 7) is 8.18. The van der Waals surface area contributed by atoms with E-state index in [4.69, 9.17) is 5.11 Å². The van der Waals surface area contributed by atoms with Crippen LogP contribution < -0.4 is 0 Å². The second kappa shape index (κ2) is 4.88. The van der Waals surface area contributed by atoms with Gasteiger partial charge in [-0.1, -0.05) is 12.1 Å². The molecule has 1 aromatic carbocycles. The van der Waals surface area contributed by atoms with Crippen molar-refractivity contribution in [1.82, 2.24) is 9.78 Å². The number of carboxylic acids is 1. The van der Waals surface area contributed by atoms with E-state index in [1.807, 2.05) is 23.7 Å². The molecule has 2 rings (SSSR count). The van der Waals surface area contributed by atoms with Crippen molar-refractivity contribution >= 4 is 5.97 Å². The number of hydrogen-bond donors (Lipinski definition) is 1. The van der Waals surface area contributed by atoms with Crippen LogP contribution in [0.4, 0.5) is 0 Å². The Hall–Kier alpha value is -2.10. The van der Waals surface area contributed by atoms with Gasteiger partial charge >= 0.3 is 5.97 Å². The maximum absolute atomic E-state index is 10.8. The lowest BCUT2D eigenvalue weighted by Crippen LogP contribution is -2.10. The third-order valence-corrected chi connectivity index (χ3v) is 3.69. The molecule has 1 aromatic heterocycles. The Kier molecular flexibility index (Phi) is 3.42. The molecule has 4 nitrogen and oxygen atoms in total. The van der Waals surface area contributed by atoms with Gasteiger partial charge in [0, 0.05) is 5.69 Å². The average molecular weight is 258 g/mol. The second-order valence-corrected chi connectivity index (χ2v) is 4.84. The zero-order valence-corrected chi connectivity index (χ0v) is 11.6. The predicted octanol–water partition coefficient (Wildman–Crippen LogP) is 3.12. The van der Waals surface area contributed by atoms with Crippen molar-refractivity contribution < 1.29 is 9.90 Å². The molecule has 0 radical (unpaired) electrons. The number of benzene rings is 1. The summed E-state index contributed by atoms with van der Waals surface area (Å²) in [4.78, 5) is 10.8. The molecule has 0 bridgehead atoms. The minimum Gasteiger partial charge on any atom is -0.478 e. The Bertz CT molecular complexity index is 612. The maximum atomic E-state index is 10.8. The summed E-state index contributed by atoms with van der Waals surface area (Å²) in [5.41, 5.74) is 4.74. The summed E-state index contributed by atoms with van der Waals surface area (Å²) in [6.07, 6.45) is 0. The summed E-state index contributed by atoms with van der Waals surface area (Å²) in [5, 5.41) is 13.4. The monoisotopic (exact) mass is 258 g/mol. The number of aromatic nitrogens is 2. The van der Waals surface area contributed by atoms with Gasteiger partial charge in [0.25, 0.3) is 0 Å². The molecule has 0 saturated heterocycles. The minimum atomic E-state index is -0.902. The van der Waals surface area contributed by atoms with Crippen LogP contribution in [0.1, 0.15) is 45.8 Å². The highest BCUT2D eigenvalue weighted by molar-refractivity contribution is 5.87. The molecule has 1 N–H and O–H groups in total. The van der Waals surface area contributed by atoms with Gasteiger partial charge in [-0.15, -0.1) is 0 Å². The number of carboxylic acid groups (broad SMARTS) is 1. The normalized spacial score (nSPS) is 12.4. The molecule has 0 amide bonds. The number of hydrogen-bond acceptors (Lipinski definition) is 2. The molecule has 4 heteroatoms. The largest absolute Gasteiger partial charge is 0.478 e. The van der Waals surface area contributed by atoms with Crippen LogP contribution in [0.25, 0.3) is 0 Å². The zero-order chi connectivity index (χ0) is 14.2. The van der Waals surface area contributed by atoms with E-state index < -0.39 is 5.97 Å². The highest BCUT2D eigenvalue weighted by atomic mass is 16.4. The Morgan fingerprint density at radius 1 is 1.21 bits per heavy atom. The van der Waals surface area contributed by atoms with Gasteiger partial charge in [-0.25, -0.2) is 4.79 Å². The predicted molar refractivity (Wildman–Crippen MR) is 73.7 cm³/mol. The fraction of sp³-hybridized carbons (Fsp3) is 0.333. The zero-order valence-electron chi connectivity index (χ0n) is 11.6. The topological polar surface area (TPSA) is 55.1 Å². The Labute approximate surface area is 112 Å². The van der Waals surface area contributed by atoms with E-state index in [9.17, 15) is 4.79 Å². The maximum Gasteiger partial charge on any atom is 0.335 e. The third kappa shape index (κ3) is 2.38. The van der Waals surface area contributed by atoms with Gasteiger partial charge in [-0.2, -0.15) is 5.10 Å². The fourth-order valence-electron chi connectivity index (χ4n) is 2.17. The lowest BCUT2D eigenvalue weighted by molar-refractivity contribution is 0.0697. The summed E-state index contributed by atoms with van der Waals surface area (Å²) >= 11 is 0. The summed E-state index contributed by atoms with van der Waals surface area (Å²) < 4.78 is 1.99. The van der Waals surface area contributed by atoms with Gasteiger partial charge in [0.15, 0.2) is 0 Å². The highest BCUT2D eigenvalue weighted by Crippen LogP contribution is 2.22. The van der Waals surface area contributed by atoms with Gasteiger partial charge in [-0.3, -0.25) is 4.68 Å². The fourth-order valence-corrected chi connectivity index (χ4v) is 2.17. The Morgan fingerprint density at radius 3 is 2.21 bits per heavy atom. The van der Waals surface area contributed by atoms with E-state index in [1.54, 1.807) is 12.1 Å². The van der Waals surface area contributed by atoms with Crippen molar-refractivity contribution in [2.45, 2.75) is 33.7 Å². The van der Waals surface area contributed by atoms with E-state index in [0.717, 1.165) is 17.0 Å². The summed E-state index contributed by atoms with van der Waals surface area (Å²) in [5.74, 6) is -0.902. The van der Waals surface area contributed by atoms with Crippen molar-refractivity contribution in [3.05, 3.63) is 52.3 Å². The van der Waals surface area contributed by atoms with Crippen molar-refractivity contribution in [1.29, 1.82) is 0 Å². The molecule has 0 fully saturated rings. The van der Waals surface area contributed by atoms with Crippen LogP contribution in [-0.2, 0) is 0 Å². The first-order valence-corrected chi connectivity index (χ1v) is 6.27. The quantitative estimate of drug-likeness (QED) is 0.920. The molecule has 0 aliphatic heterocycles. The summed E-state index contributed by atoms with van der Waals surface area (Å²) in [7, 11) is 0. The third-order valence-electron chi connectivity index (χ3n) is 3.69. The molecule has 19 heavy (non-hydrogen) atoms. The SMILES string of the molecule is Cc1nn(C(C)c2ccc(C(=O)O)cc2)c(C)c1C. The van der Waals surface area contributed by atoms with Crippen LogP contribution in [-0.4, -0.2) is 20.9 Å². The first kappa shape index (κ1) is 13.3. The molecular formula is C15H18N2O2. The Balaban J connectivity index is 2.35. The van der Waals surface area contributed by atoms with Gasteiger partial charge in [0.2, 0.25) is 0 Å². The van der Waals surface area contributed by atoms with Crippen LogP contribution in [0.5, 0.6) is 0 Å². The molecule has 0 aliphatic rings. The van der Waals surface area contributed by atoms with Crippen molar-refractivity contribution in [3.8, 4) is 0 Å². The lowest BCUT2D eigenvalue weighted by Gasteiger charge is -2.15. The first-order valence-electron chi connectivity index (χ1n) is 6.27. The molecule has 0 spiro atoms. The number of aromatic carboxylic acids is 1. The molecule has 100 valence electrons. The van der Waals surface area contributed by atoms with E-state index in [0.29, 0.717) is 5.56 Å². The number of carbonyl (C=O) groups is 1. The molecule has 1 heterocycles. The smallest absolute Gasteiger partial charge is 0.335 e. The van der Waals surface area contributed by atoms with Crippen molar-refractivity contribution in [2.24, 2.45) is 0 Å². The standard InChI is InChI=1S/C15H18N2O2/c1-9-10(2)16-17(11(9)3)12(4)13-5-7-14(8-6-13)15(18)19/h5-8,12H,1-4H3,(H,18,19). The number of aryl methyl sites for hydroxylation is 1. The van der Waals surface area contributed by atoms with Crippen LogP contribution in [0.15, 0.2) is 24.3 Å². The van der Waals surface area contributed by atoms with Crippen LogP contribution in [0, 0.1) is 20.8 Å². The number of rotatable bonds is 3. The average Bonchev–Trinajstić information content (AvgIpc) is 2.66. The van der Waals surface area contributed by atoms with Crippen molar-refractivity contribution in [2.75, 3.05) is 0 Å². The van der Waals surface area contributed by atoms with Gasteiger partial charge in [0.05, 0.1) is 17.3 Å². The molecule has 0 saturated carbocycles.